The maximum absolute atomic E-state index is 12.4. The molecule has 4 nitrogen and oxygen atoms in total. The van der Waals surface area contributed by atoms with Crippen LogP contribution >= 0.6 is 0 Å². The van der Waals surface area contributed by atoms with Crippen LogP contribution in [0.3, 0.4) is 0 Å². The first-order valence-corrected chi connectivity index (χ1v) is 8.12. The number of fused-ring (bicyclic) bond motifs is 1. The van der Waals surface area contributed by atoms with E-state index in [0.717, 1.165) is 23.0 Å². The molecule has 0 spiro atoms. The summed E-state index contributed by atoms with van der Waals surface area (Å²) in [5, 5.41) is 12.8. The second-order valence-corrected chi connectivity index (χ2v) is 6.25. The van der Waals surface area contributed by atoms with Gasteiger partial charge in [-0.1, -0.05) is 18.9 Å². The second-order valence-electron chi connectivity index (χ2n) is 6.25. The second kappa shape index (κ2) is 6.70. The number of aromatic nitrogens is 1. The number of hydrogen-bond acceptors (Lipinski definition) is 2. The summed E-state index contributed by atoms with van der Waals surface area (Å²) in [5.74, 6) is 0.634. The van der Waals surface area contributed by atoms with E-state index in [0.29, 0.717) is 11.5 Å². The average Bonchev–Trinajstić information content (AvgIpc) is 3.19. The highest BCUT2D eigenvalue weighted by atomic mass is 16.1. The zero-order valence-corrected chi connectivity index (χ0v) is 13.4. The topological polar surface area (TPSA) is 57.8 Å². The highest BCUT2D eigenvalue weighted by molar-refractivity contribution is 5.99. The minimum absolute atomic E-state index is 0.00545. The molecule has 0 unspecified atom stereocenters. The van der Waals surface area contributed by atoms with Crippen LogP contribution in [-0.2, 0) is 7.05 Å². The van der Waals surface area contributed by atoms with Gasteiger partial charge in [-0.05, 0) is 37.0 Å². The quantitative estimate of drug-likeness (QED) is 0.877. The smallest absolute Gasteiger partial charge is 0.251 e. The molecule has 2 aromatic rings. The van der Waals surface area contributed by atoms with Crippen molar-refractivity contribution in [2.24, 2.45) is 13.0 Å². The third-order valence-corrected chi connectivity index (χ3v) is 4.65. The lowest BCUT2D eigenvalue weighted by atomic mass is 10.1. The molecule has 0 radical (unpaired) electrons. The molecule has 0 bridgehead atoms. The maximum Gasteiger partial charge on any atom is 0.251 e. The van der Waals surface area contributed by atoms with Gasteiger partial charge in [-0.15, -0.1) is 0 Å². The number of aryl methyl sites for hydroxylation is 1. The van der Waals surface area contributed by atoms with Crippen LogP contribution in [0.15, 0.2) is 30.5 Å². The summed E-state index contributed by atoms with van der Waals surface area (Å²) >= 11 is 0. The minimum atomic E-state index is -0.00545. The van der Waals surface area contributed by atoms with Gasteiger partial charge in [0.2, 0.25) is 0 Å². The number of benzene rings is 1. The molecule has 1 aliphatic carbocycles. The van der Waals surface area contributed by atoms with Crippen LogP contribution in [0.4, 0.5) is 0 Å². The number of nitrogens with one attached hydrogen (secondary N) is 1. The summed E-state index contributed by atoms with van der Waals surface area (Å²) in [5.41, 5.74) is 2.67. The van der Waals surface area contributed by atoms with Gasteiger partial charge in [0.05, 0.1) is 6.07 Å². The Bertz CT molecular complexity index is 789. The lowest BCUT2D eigenvalue weighted by Crippen LogP contribution is -2.28. The SMILES string of the molecule is Cn1cc(C=CC#N)c2ccc(C(=O)NCC3CCCC3)cc21. The van der Waals surface area contributed by atoms with Crippen molar-refractivity contribution < 1.29 is 4.79 Å². The molecule has 1 fully saturated rings. The lowest BCUT2D eigenvalue weighted by molar-refractivity contribution is 0.0947. The predicted molar refractivity (Wildman–Crippen MR) is 91.9 cm³/mol. The first-order chi connectivity index (χ1) is 11.2. The number of nitrogens with zero attached hydrogens (tertiary/aromatic N) is 2. The van der Waals surface area contributed by atoms with Crippen LogP contribution in [0.2, 0.25) is 0 Å². The molecule has 1 aromatic carbocycles. The van der Waals surface area contributed by atoms with Crippen molar-refractivity contribution >= 4 is 22.9 Å². The van der Waals surface area contributed by atoms with Gasteiger partial charge in [-0.2, -0.15) is 5.26 Å². The lowest BCUT2D eigenvalue weighted by Gasteiger charge is -2.10. The molecule has 1 amide bonds. The Balaban J connectivity index is 1.79. The van der Waals surface area contributed by atoms with Gasteiger partial charge in [-0.25, -0.2) is 0 Å². The summed E-state index contributed by atoms with van der Waals surface area (Å²) in [4.78, 5) is 12.4. The zero-order valence-electron chi connectivity index (χ0n) is 13.4. The Kier molecular flexibility index (Phi) is 4.47. The normalized spacial score (nSPS) is 15.3. The fraction of sp³-hybridized carbons (Fsp3) is 0.368. The fourth-order valence-electron chi connectivity index (χ4n) is 3.37. The summed E-state index contributed by atoms with van der Waals surface area (Å²) in [6.07, 6.45) is 10.3. The molecule has 1 aromatic heterocycles. The van der Waals surface area contributed by atoms with Crippen LogP contribution in [-0.4, -0.2) is 17.0 Å². The van der Waals surface area contributed by atoms with Crippen molar-refractivity contribution in [3.63, 3.8) is 0 Å². The number of amides is 1. The van der Waals surface area contributed by atoms with E-state index in [1.165, 1.54) is 31.8 Å². The molecule has 1 saturated carbocycles. The monoisotopic (exact) mass is 307 g/mol. The Morgan fingerprint density at radius 1 is 1.43 bits per heavy atom. The molecule has 0 saturated heterocycles. The van der Waals surface area contributed by atoms with Crippen molar-refractivity contribution in [3.8, 4) is 6.07 Å². The van der Waals surface area contributed by atoms with Crippen LogP contribution < -0.4 is 5.32 Å². The van der Waals surface area contributed by atoms with E-state index >= 15 is 0 Å². The molecule has 23 heavy (non-hydrogen) atoms. The summed E-state index contributed by atoms with van der Waals surface area (Å²) < 4.78 is 1.99. The van der Waals surface area contributed by atoms with Gasteiger partial charge in [0, 0.05) is 47.9 Å². The van der Waals surface area contributed by atoms with Gasteiger partial charge >= 0.3 is 0 Å². The minimum Gasteiger partial charge on any atom is -0.352 e. The fourth-order valence-corrected chi connectivity index (χ4v) is 3.37. The van der Waals surface area contributed by atoms with Crippen LogP contribution in [0, 0.1) is 17.2 Å². The summed E-state index contributed by atoms with van der Waals surface area (Å²) in [7, 11) is 1.95. The van der Waals surface area contributed by atoms with E-state index in [4.69, 9.17) is 5.26 Å². The number of carbonyl (C=O) groups excluding carboxylic acids is 1. The molecule has 0 atom stereocenters. The molecular formula is C19H21N3O. The number of nitriles is 1. The number of carbonyl (C=O) groups is 1. The maximum atomic E-state index is 12.4. The van der Waals surface area contributed by atoms with E-state index in [1.54, 1.807) is 6.08 Å². The number of hydrogen-bond donors (Lipinski definition) is 1. The molecule has 0 aliphatic heterocycles. The molecule has 118 valence electrons. The molecule has 3 rings (SSSR count). The van der Waals surface area contributed by atoms with Gasteiger partial charge in [0.15, 0.2) is 0 Å². The van der Waals surface area contributed by atoms with Gasteiger partial charge in [0.1, 0.15) is 0 Å². The van der Waals surface area contributed by atoms with Crippen molar-refractivity contribution in [1.82, 2.24) is 9.88 Å². The largest absolute Gasteiger partial charge is 0.352 e. The van der Waals surface area contributed by atoms with Gasteiger partial charge < -0.3 is 9.88 Å². The molecule has 1 aliphatic rings. The number of rotatable bonds is 4. The Hall–Kier alpha value is -2.54. The molecule has 1 heterocycles. The third-order valence-electron chi connectivity index (χ3n) is 4.65. The van der Waals surface area contributed by atoms with Crippen molar-refractivity contribution in [2.75, 3.05) is 6.54 Å². The summed E-state index contributed by atoms with van der Waals surface area (Å²) in [6, 6.07) is 7.74. The standard InChI is InChI=1S/C19H21N3O/c1-22-13-16(7-4-10-20)17-9-8-15(11-18(17)22)19(23)21-12-14-5-2-3-6-14/h4,7-9,11,13-14H,2-3,5-6,12H2,1H3,(H,21,23). The van der Waals surface area contributed by atoms with Crippen LogP contribution in [0.1, 0.15) is 41.6 Å². The van der Waals surface area contributed by atoms with Crippen molar-refractivity contribution in [3.05, 3.63) is 41.6 Å². The van der Waals surface area contributed by atoms with E-state index in [2.05, 4.69) is 5.32 Å². The van der Waals surface area contributed by atoms with Crippen molar-refractivity contribution in [1.29, 1.82) is 5.26 Å². The van der Waals surface area contributed by atoms with Crippen LogP contribution in [0.25, 0.3) is 17.0 Å². The Morgan fingerprint density at radius 2 is 2.22 bits per heavy atom. The highest BCUT2D eigenvalue weighted by Gasteiger charge is 2.16. The first-order valence-electron chi connectivity index (χ1n) is 8.12. The van der Waals surface area contributed by atoms with Gasteiger partial charge in [0.25, 0.3) is 5.91 Å². The molecular weight excluding hydrogens is 286 g/mol. The Morgan fingerprint density at radius 3 is 2.96 bits per heavy atom. The summed E-state index contributed by atoms with van der Waals surface area (Å²) in [6.45, 7) is 0.778. The van der Waals surface area contributed by atoms with Gasteiger partial charge in [-0.3, -0.25) is 4.79 Å². The van der Waals surface area contributed by atoms with E-state index < -0.39 is 0 Å². The van der Waals surface area contributed by atoms with E-state index in [1.807, 2.05) is 42.1 Å². The number of allylic oxidation sites excluding steroid dienone is 1. The van der Waals surface area contributed by atoms with E-state index in [9.17, 15) is 4.79 Å². The Labute approximate surface area is 136 Å². The molecule has 4 heteroatoms. The highest BCUT2D eigenvalue weighted by Crippen LogP contribution is 2.25. The van der Waals surface area contributed by atoms with Crippen LogP contribution in [0.5, 0.6) is 0 Å². The molecule has 1 N–H and O–H groups in total. The zero-order chi connectivity index (χ0) is 16.2. The third kappa shape index (κ3) is 3.29. The first kappa shape index (κ1) is 15.4. The van der Waals surface area contributed by atoms with Crippen molar-refractivity contribution in [2.45, 2.75) is 25.7 Å². The average molecular weight is 307 g/mol. The van der Waals surface area contributed by atoms with E-state index in [-0.39, 0.29) is 5.91 Å². The predicted octanol–water partition coefficient (Wildman–Crippen LogP) is 3.64.